The van der Waals surface area contributed by atoms with Crippen molar-refractivity contribution in [2.45, 2.75) is 57.5 Å². The monoisotopic (exact) mass is 186 g/mol. The van der Waals surface area contributed by atoms with Crippen LogP contribution < -0.4 is 0 Å². The molecule has 0 saturated heterocycles. The summed E-state index contributed by atoms with van der Waals surface area (Å²) in [6, 6.07) is 0. The maximum Gasteiger partial charge on any atom is 0.0540 e. The van der Waals surface area contributed by atoms with E-state index in [1.165, 1.54) is 25.7 Å². The van der Waals surface area contributed by atoms with Crippen molar-refractivity contribution in [3.05, 3.63) is 0 Å². The van der Waals surface area contributed by atoms with Gasteiger partial charge < -0.3 is 10.2 Å². The molecule has 2 nitrogen and oxygen atoms in total. The van der Waals surface area contributed by atoms with Crippen LogP contribution in [-0.2, 0) is 0 Å². The molecule has 1 fully saturated rings. The molecular formula is C11H22O2. The van der Waals surface area contributed by atoms with Gasteiger partial charge in [0.25, 0.3) is 0 Å². The molecule has 1 saturated carbocycles. The normalized spacial score (nSPS) is 29.1. The molecule has 0 heterocycles. The smallest absolute Gasteiger partial charge is 0.0540 e. The van der Waals surface area contributed by atoms with Crippen LogP contribution in [0.15, 0.2) is 0 Å². The van der Waals surface area contributed by atoms with E-state index in [4.69, 9.17) is 5.11 Å². The van der Waals surface area contributed by atoms with Gasteiger partial charge in [-0.3, -0.25) is 0 Å². The Morgan fingerprint density at radius 1 is 0.923 bits per heavy atom. The van der Waals surface area contributed by atoms with Gasteiger partial charge in [-0.25, -0.2) is 0 Å². The van der Waals surface area contributed by atoms with Gasteiger partial charge in [-0.15, -0.1) is 0 Å². The molecule has 2 N–H and O–H groups in total. The Morgan fingerprint density at radius 3 is 2.23 bits per heavy atom. The van der Waals surface area contributed by atoms with Crippen molar-refractivity contribution in [2.75, 3.05) is 6.61 Å². The first-order valence-electron chi connectivity index (χ1n) is 5.62. The third-order valence-corrected chi connectivity index (χ3v) is 3.09. The molecule has 1 rings (SSSR count). The number of aliphatic hydroxyl groups is 2. The molecule has 0 bridgehead atoms. The minimum absolute atomic E-state index is 0.0197. The Hall–Kier alpha value is -0.0800. The van der Waals surface area contributed by atoms with Crippen molar-refractivity contribution in [1.29, 1.82) is 0 Å². The molecule has 0 aliphatic heterocycles. The van der Waals surface area contributed by atoms with E-state index in [1.54, 1.807) is 0 Å². The lowest BCUT2D eigenvalue weighted by molar-refractivity contribution is 0.105. The van der Waals surface area contributed by atoms with Crippen molar-refractivity contribution in [3.63, 3.8) is 0 Å². The molecular weight excluding hydrogens is 164 g/mol. The Bertz CT molecular complexity index is 117. The van der Waals surface area contributed by atoms with Gasteiger partial charge in [0.15, 0.2) is 0 Å². The van der Waals surface area contributed by atoms with Crippen LogP contribution in [0.1, 0.15) is 51.4 Å². The van der Waals surface area contributed by atoms with Crippen LogP contribution in [0.3, 0.4) is 0 Å². The molecule has 13 heavy (non-hydrogen) atoms. The van der Waals surface area contributed by atoms with Crippen molar-refractivity contribution in [3.8, 4) is 0 Å². The molecule has 78 valence electrons. The summed E-state index contributed by atoms with van der Waals surface area (Å²) < 4.78 is 0. The highest BCUT2D eigenvalue weighted by atomic mass is 16.3. The zero-order valence-electron chi connectivity index (χ0n) is 8.41. The SMILES string of the molecule is OCCCCCC1CCC(O)CC1. The summed E-state index contributed by atoms with van der Waals surface area (Å²) in [5, 5.41) is 17.9. The number of rotatable bonds is 5. The molecule has 0 unspecified atom stereocenters. The molecule has 0 atom stereocenters. The van der Waals surface area contributed by atoms with Crippen LogP contribution in [0.25, 0.3) is 0 Å². The second kappa shape index (κ2) is 6.39. The molecule has 0 amide bonds. The average molecular weight is 186 g/mol. The minimum atomic E-state index is -0.0197. The summed E-state index contributed by atoms with van der Waals surface area (Å²) in [4.78, 5) is 0. The maximum absolute atomic E-state index is 9.30. The van der Waals surface area contributed by atoms with Gasteiger partial charge in [0.05, 0.1) is 6.10 Å². The molecule has 0 radical (unpaired) electrons. The van der Waals surface area contributed by atoms with Crippen LogP contribution >= 0.6 is 0 Å². The molecule has 0 aromatic rings. The van der Waals surface area contributed by atoms with Gasteiger partial charge in [-0.1, -0.05) is 19.3 Å². The van der Waals surface area contributed by atoms with E-state index in [-0.39, 0.29) is 6.10 Å². The van der Waals surface area contributed by atoms with Crippen molar-refractivity contribution < 1.29 is 10.2 Å². The summed E-state index contributed by atoms with van der Waals surface area (Å²) in [5.41, 5.74) is 0. The highest BCUT2D eigenvalue weighted by Crippen LogP contribution is 2.28. The fraction of sp³-hybridized carbons (Fsp3) is 1.00. The van der Waals surface area contributed by atoms with E-state index in [9.17, 15) is 5.11 Å². The molecule has 0 spiro atoms. The van der Waals surface area contributed by atoms with Gasteiger partial charge >= 0.3 is 0 Å². The first-order valence-corrected chi connectivity index (χ1v) is 5.62. The molecule has 0 aromatic carbocycles. The second-order valence-electron chi connectivity index (χ2n) is 4.25. The Labute approximate surface area is 81.0 Å². The van der Waals surface area contributed by atoms with Gasteiger partial charge in [0.2, 0.25) is 0 Å². The standard InChI is InChI=1S/C11H22O2/c12-9-3-1-2-4-10-5-7-11(13)8-6-10/h10-13H,1-9H2. The number of hydrogen-bond acceptors (Lipinski definition) is 2. The van der Waals surface area contributed by atoms with Crippen LogP contribution in [0.5, 0.6) is 0 Å². The lowest BCUT2D eigenvalue weighted by Crippen LogP contribution is -2.18. The second-order valence-corrected chi connectivity index (χ2v) is 4.25. The number of aliphatic hydroxyl groups excluding tert-OH is 2. The first-order chi connectivity index (χ1) is 6.33. The third kappa shape index (κ3) is 4.63. The Morgan fingerprint density at radius 2 is 1.62 bits per heavy atom. The topological polar surface area (TPSA) is 40.5 Å². The summed E-state index contributed by atoms with van der Waals surface area (Å²) in [6.45, 7) is 0.337. The van der Waals surface area contributed by atoms with Gasteiger partial charge in [-0.05, 0) is 38.0 Å². The summed E-state index contributed by atoms with van der Waals surface area (Å²) in [6.07, 6.45) is 9.07. The van der Waals surface area contributed by atoms with Crippen LogP contribution in [0.4, 0.5) is 0 Å². The summed E-state index contributed by atoms with van der Waals surface area (Å²) in [5.74, 6) is 0.849. The van der Waals surface area contributed by atoms with E-state index >= 15 is 0 Å². The van der Waals surface area contributed by atoms with Gasteiger partial charge in [-0.2, -0.15) is 0 Å². The van der Waals surface area contributed by atoms with Crippen molar-refractivity contribution in [2.24, 2.45) is 5.92 Å². The molecule has 1 aliphatic carbocycles. The number of hydrogen-bond donors (Lipinski definition) is 2. The first kappa shape index (κ1) is 11.0. The van der Waals surface area contributed by atoms with Gasteiger partial charge in [0.1, 0.15) is 0 Å². The molecule has 0 aromatic heterocycles. The Kier molecular flexibility index (Phi) is 5.40. The maximum atomic E-state index is 9.30. The fourth-order valence-corrected chi connectivity index (χ4v) is 2.16. The average Bonchev–Trinajstić information content (AvgIpc) is 2.15. The van der Waals surface area contributed by atoms with Crippen LogP contribution in [0.2, 0.25) is 0 Å². The third-order valence-electron chi connectivity index (χ3n) is 3.09. The van der Waals surface area contributed by atoms with Crippen LogP contribution in [0, 0.1) is 5.92 Å². The number of unbranched alkanes of at least 4 members (excludes halogenated alkanes) is 2. The van der Waals surface area contributed by atoms with Gasteiger partial charge in [0, 0.05) is 6.61 Å². The highest BCUT2D eigenvalue weighted by Gasteiger charge is 2.18. The summed E-state index contributed by atoms with van der Waals surface area (Å²) in [7, 11) is 0. The van der Waals surface area contributed by atoms with Crippen LogP contribution in [-0.4, -0.2) is 22.9 Å². The Balaban J connectivity index is 1.96. The fourth-order valence-electron chi connectivity index (χ4n) is 2.16. The summed E-state index contributed by atoms with van der Waals surface area (Å²) >= 11 is 0. The lowest BCUT2D eigenvalue weighted by Gasteiger charge is -2.25. The lowest BCUT2D eigenvalue weighted by atomic mass is 9.84. The molecule has 2 heteroatoms. The largest absolute Gasteiger partial charge is 0.396 e. The predicted molar refractivity (Wildman–Crippen MR) is 53.5 cm³/mol. The van der Waals surface area contributed by atoms with E-state index in [0.717, 1.165) is 31.6 Å². The molecule has 1 aliphatic rings. The quantitative estimate of drug-likeness (QED) is 0.645. The highest BCUT2D eigenvalue weighted by molar-refractivity contribution is 4.71. The van der Waals surface area contributed by atoms with Crippen molar-refractivity contribution in [1.82, 2.24) is 0 Å². The van der Waals surface area contributed by atoms with Crippen molar-refractivity contribution >= 4 is 0 Å². The van der Waals surface area contributed by atoms with E-state index in [1.807, 2.05) is 0 Å². The van der Waals surface area contributed by atoms with E-state index < -0.39 is 0 Å². The van der Waals surface area contributed by atoms with E-state index in [2.05, 4.69) is 0 Å². The predicted octanol–water partition coefficient (Wildman–Crippen LogP) is 2.09. The zero-order chi connectivity index (χ0) is 9.52. The zero-order valence-corrected chi connectivity index (χ0v) is 8.41. The van der Waals surface area contributed by atoms with E-state index in [0.29, 0.717) is 6.61 Å². The minimum Gasteiger partial charge on any atom is -0.396 e.